The van der Waals surface area contributed by atoms with E-state index in [2.05, 4.69) is 10.2 Å². The summed E-state index contributed by atoms with van der Waals surface area (Å²) in [5, 5.41) is 7.86. The minimum absolute atomic E-state index is 0.0933. The number of ether oxygens (including phenoxy) is 3. The number of cyclic esters (lactones) is 1. The standard InChI is InChI=1S/C23H21FN4O5/c24-18-14-16(31-11-2-9-28-10-12-32-23(28)30)5-7-20(18)33-21-13-15(4-6-17(21)22(25)29)19-3-1-8-26-27-19/h1,3-8,13-14H,2,9-12H2,(H2,25,29). The Morgan fingerprint density at radius 1 is 1.18 bits per heavy atom. The van der Waals surface area contributed by atoms with E-state index in [-0.39, 0.29) is 23.2 Å². The molecule has 0 spiro atoms. The van der Waals surface area contributed by atoms with Gasteiger partial charge in [0, 0.05) is 24.4 Å². The van der Waals surface area contributed by atoms with Crippen LogP contribution in [0.2, 0.25) is 0 Å². The normalized spacial score (nSPS) is 13.0. The summed E-state index contributed by atoms with van der Waals surface area (Å²) in [5.74, 6) is -1.07. The molecule has 0 atom stereocenters. The number of carbonyl (C=O) groups excluding carboxylic acids is 2. The summed E-state index contributed by atoms with van der Waals surface area (Å²) < 4.78 is 30.8. The third-order valence-electron chi connectivity index (χ3n) is 4.92. The molecule has 0 radical (unpaired) electrons. The van der Waals surface area contributed by atoms with Crippen molar-refractivity contribution in [2.75, 3.05) is 26.3 Å². The third-order valence-corrected chi connectivity index (χ3v) is 4.92. The van der Waals surface area contributed by atoms with E-state index in [0.29, 0.717) is 49.7 Å². The second-order valence-electron chi connectivity index (χ2n) is 7.18. The highest BCUT2D eigenvalue weighted by molar-refractivity contribution is 5.96. The summed E-state index contributed by atoms with van der Waals surface area (Å²) in [5.41, 5.74) is 6.74. The molecule has 1 aromatic heterocycles. The first-order valence-electron chi connectivity index (χ1n) is 10.2. The van der Waals surface area contributed by atoms with Crippen LogP contribution >= 0.6 is 0 Å². The van der Waals surface area contributed by atoms with Crippen LogP contribution in [-0.2, 0) is 4.74 Å². The van der Waals surface area contributed by atoms with Gasteiger partial charge in [0.05, 0.1) is 24.4 Å². The molecule has 2 amide bonds. The third kappa shape index (κ3) is 5.35. The van der Waals surface area contributed by atoms with E-state index >= 15 is 0 Å². The van der Waals surface area contributed by atoms with Crippen molar-refractivity contribution >= 4 is 12.0 Å². The first kappa shape index (κ1) is 22.0. The van der Waals surface area contributed by atoms with Crippen molar-refractivity contribution in [2.24, 2.45) is 5.73 Å². The van der Waals surface area contributed by atoms with Crippen LogP contribution in [0.1, 0.15) is 16.8 Å². The van der Waals surface area contributed by atoms with E-state index in [9.17, 15) is 14.0 Å². The number of carbonyl (C=O) groups is 2. The second kappa shape index (κ2) is 9.94. The van der Waals surface area contributed by atoms with Gasteiger partial charge in [-0.05, 0) is 42.8 Å². The number of hydrogen-bond acceptors (Lipinski definition) is 7. The highest BCUT2D eigenvalue weighted by atomic mass is 19.1. The first-order valence-corrected chi connectivity index (χ1v) is 10.2. The summed E-state index contributed by atoms with van der Waals surface area (Å²) in [6, 6.07) is 12.3. The molecule has 1 fully saturated rings. The Kier molecular flexibility index (Phi) is 6.63. The van der Waals surface area contributed by atoms with Crippen molar-refractivity contribution in [3.05, 3.63) is 66.1 Å². The Balaban J connectivity index is 1.44. The van der Waals surface area contributed by atoms with Crippen LogP contribution in [0.3, 0.4) is 0 Å². The molecule has 2 N–H and O–H groups in total. The molecule has 1 aliphatic rings. The van der Waals surface area contributed by atoms with Gasteiger partial charge < -0.3 is 24.8 Å². The maximum Gasteiger partial charge on any atom is 0.409 e. The van der Waals surface area contributed by atoms with Crippen molar-refractivity contribution in [3.63, 3.8) is 0 Å². The van der Waals surface area contributed by atoms with Crippen molar-refractivity contribution in [2.45, 2.75) is 6.42 Å². The summed E-state index contributed by atoms with van der Waals surface area (Å²) in [4.78, 5) is 24.8. The number of nitrogens with two attached hydrogens (primary N) is 1. The lowest BCUT2D eigenvalue weighted by atomic mass is 10.1. The molecule has 0 aliphatic carbocycles. The Morgan fingerprint density at radius 2 is 2.06 bits per heavy atom. The molecule has 0 saturated carbocycles. The van der Waals surface area contributed by atoms with Crippen molar-refractivity contribution in [1.82, 2.24) is 15.1 Å². The number of benzene rings is 2. The number of hydrogen-bond donors (Lipinski definition) is 1. The van der Waals surface area contributed by atoms with Crippen LogP contribution in [0.5, 0.6) is 17.2 Å². The molecular weight excluding hydrogens is 431 g/mol. The van der Waals surface area contributed by atoms with Gasteiger partial charge in [-0.3, -0.25) is 4.79 Å². The summed E-state index contributed by atoms with van der Waals surface area (Å²) >= 11 is 0. The number of rotatable bonds is 9. The summed E-state index contributed by atoms with van der Waals surface area (Å²) in [6.45, 7) is 1.76. The molecule has 4 rings (SSSR count). The molecule has 10 heteroatoms. The number of aromatic nitrogens is 2. The van der Waals surface area contributed by atoms with Crippen molar-refractivity contribution in [3.8, 4) is 28.5 Å². The van der Waals surface area contributed by atoms with E-state index in [1.165, 1.54) is 24.4 Å². The van der Waals surface area contributed by atoms with Crippen LogP contribution in [0.25, 0.3) is 11.3 Å². The Hall–Kier alpha value is -4.21. The number of halogens is 1. The smallest absolute Gasteiger partial charge is 0.409 e. The Bertz CT molecular complexity index is 1160. The molecule has 1 aliphatic heterocycles. The molecule has 170 valence electrons. The molecule has 3 aromatic rings. The molecule has 9 nitrogen and oxygen atoms in total. The molecule has 0 bridgehead atoms. The zero-order valence-electron chi connectivity index (χ0n) is 17.6. The van der Waals surface area contributed by atoms with Crippen molar-refractivity contribution < 1.29 is 28.2 Å². The fourth-order valence-electron chi connectivity index (χ4n) is 3.27. The SMILES string of the molecule is NC(=O)c1ccc(-c2cccnn2)cc1Oc1ccc(OCCCN2CCOC2=O)cc1F. The quantitative estimate of drug-likeness (QED) is 0.495. The second-order valence-corrected chi connectivity index (χ2v) is 7.18. The van der Waals surface area contributed by atoms with E-state index in [1.54, 1.807) is 35.2 Å². The number of nitrogens with zero attached hydrogens (tertiary/aromatic N) is 3. The average Bonchev–Trinajstić information content (AvgIpc) is 3.23. The van der Waals surface area contributed by atoms with E-state index in [0.717, 1.165) is 0 Å². The molecular formula is C23H21FN4O5. The van der Waals surface area contributed by atoms with Gasteiger partial charge >= 0.3 is 6.09 Å². The Morgan fingerprint density at radius 3 is 2.76 bits per heavy atom. The summed E-state index contributed by atoms with van der Waals surface area (Å²) in [6.07, 6.45) is 1.78. The summed E-state index contributed by atoms with van der Waals surface area (Å²) in [7, 11) is 0. The van der Waals surface area contributed by atoms with Gasteiger partial charge in [-0.25, -0.2) is 9.18 Å². The van der Waals surface area contributed by atoms with Gasteiger partial charge in [0.1, 0.15) is 18.1 Å². The molecule has 0 unspecified atom stereocenters. The van der Waals surface area contributed by atoms with E-state index in [4.69, 9.17) is 19.9 Å². The van der Waals surface area contributed by atoms with Gasteiger partial charge in [-0.1, -0.05) is 6.07 Å². The fourth-order valence-corrected chi connectivity index (χ4v) is 3.27. The molecule has 2 aromatic carbocycles. The fraction of sp³-hybridized carbons (Fsp3) is 0.217. The maximum atomic E-state index is 14.7. The highest BCUT2D eigenvalue weighted by Crippen LogP contribution is 2.32. The minimum Gasteiger partial charge on any atom is -0.493 e. The van der Waals surface area contributed by atoms with Gasteiger partial charge in [0.25, 0.3) is 5.91 Å². The van der Waals surface area contributed by atoms with Gasteiger partial charge in [-0.15, -0.1) is 0 Å². The predicted octanol–water partition coefficient (Wildman–Crippen LogP) is 3.40. The molecule has 2 heterocycles. The van der Waals surface area contributed by atoms with Crippen LogP contribution in [0.15, 0.2) is 54.7 Å². The highest BCUT2D eigenvalue weighted by Gasteiger charge is 2.21. The monoisotopic (exact) mass is 452 g/mol. The number of primary amides is 1. The first-order chi connectivity index (χ1) is 16.0. The van der Waals surface area contributed by atoms with Crippen LogP contribution in [0.4, 0.5) is 9.18 Å². The zero-order valence-corrected chi connectivity index (χ0v) is 17.6. The van der Waals surface area contributed by atoms with Crippen LogP contribution < -0.4 is 15.2 Å². The van der Waals surface area contributed by atoms with Crippen LogP contribution in [-0.4, -0.2) is 53.4 Å². The average molecular weight is 452 g/mol. The predicted molar refractivity (Wildman–Crippen MR) is 115 cm³/mol. The molecule has 33 heavy (non-hydrogen) atoms. The topological polar surface area (TPSA) is 117 Å². The van der Waals surface area contributed by atoms with E-state index < -0.39 is 11.7 Å². The van der Waals surface area contributed by atoms with Crippen molar-refractivity contribution in [1.29, 1.82) is 0 Å². The van der Waals surface area contributed by atoms with Gasteiger partial charge in [0.2, 0.25) is 0 Å². The lowest BCUT2D eigenvalue weighted by Crippen LogP contribution is -2.26. The lowest BCUT2D eigenvalue weighted by molar-refractivity contribution is 0.0998. The van der Waals surface area contributed by atoms with Gasteiger partial charge in [-0.2, -0.15) is 10.2 Å². The van der Waals surface area contributed by atoms with E-state index in [1.807, 2.05) is 0 Å². The lowest BCUT2D eigenvalue weighted by Gasteiger charge is -2.14. The largest absolute Gasteiger partial charge is 0.493 e. The maximum absolute atomic E-state index is 14.7. The molecule has 1 saturated heterocycles. The van der Waals surface area contributed by atoms with Crippen LogP contribution in [0, 0.1) is 5.82 Å². The Labute approximate surface area is 188 Å². The zero-order chi connectivity index (χ0) is 23.2. The number of amides is 2. The van der Waals surface area contributed by atoms with Gasteiger partial charge in [0.15, 0.2) is 11.6 Å². The minimum atomic E-state index is -0.710.